The quantitative estimate of drug-likeness (QED) is 0.180. The molecule has 0 amide bonds. The molecule has 0 aliphatic heterocycles. The van der Waals surface area contributed by atoms with Gasteiger partial charge in [0.1, 0.15) is 0 Å². The molecule has 0 radical (unpaired) electrons. The zero-order valence-corrected chi connectivity index (χ0v) is 30.9. The number of aryl methyl sites for hydroxylation is 2. The van der Waals surface area contributed by atoms with Crippen molar-refractivity contribution in [2.75, 3.05) is 0 Å². The Morgan fingerprint density at radius 2 is 1.48 bits per heavy atom. The molecular weight excluding hydrogens is 625 g/mol. The van der Waals surface area contributed by atoms with Crippen LogP contribution >= 0.6 is 0 Å². The molecule has 2 aliphatic carbocycles. The van der Waals surface area contributed by atoms with Crippen LogP contribution in [0.1, 0.15) is 78.0 Å². The summed E-state index contributed by atoms with van der Waals surface area (Å²) in [7, 11) is 0. The first-order valence-electron chi connectivity index (χ1n) is 18.3. The van der Waals surface area contributed by atoms with E-state index in [-0.39, 0.29) is 5.41 Å². The molecule has 1 atom stereocenters. The van der Waals surface area contributed by atoms with E-state index in [2.05, 4.69) is 188 Å². The van der Waals surface area contributed by atoms with Crippen LogP contribution in [0.15, 0.2) is 139 Å². The van der Waals surface area contributed by atoms with Gasteiger partial charge >= 0.3 is 210 Å². The van der Waals surface area contributed by atoms with E-state index in [9.17, 15) is 5.26 Å². The topological polar surface area (TPSA) is 23.8 Å². The normalized spacial score (nSPS) is 16.2. The zero-order valence-electron chi connectivity index (χ0n) is 30.9. The van der Waals surface area contributed by atoms with E-state index in [1.54, 1.807) is 0 Å². The Hall–Kier alpha value is -5.78. The summed E-state index contributed by atoms with van der Waals surface area (Å²) in [6.07, 6.45) is 9.12. The van der Waals surface area contributed by atoms with Crippen molar-refractivity contribution in [3.63, 3.8) is 0 Å². The molecule has 2 aliphatic rings. The van der Waals surface area contributed by atoms with Crippen molar-refractivity contribution in [3.8, 4) is 50.5 Å². The number of allylic oxidation sites excluding steroid dienone is 5. The van der Waals surface area contributed by atoms with Crippen LogP contribution in [0.4, 0.5) is 0 Å². The molecule has 0 N–H and O–H groups in total. The van der Waals surface area contributed by atoms with Gasteiger partial charge in [-0.25, -0.2) is 0 Å². The van der Waals surface area contributed by atoms with E-state index < -0.39 is 0 Å². The SMILES string of the molecule is C/C(=C\C=C1\C=Cc2ccc(-c3ccccc3)bc2C1C)c1ccc(C)c(-c2c(C)cccc2-c2ccc3c(c2)C(C)(C)c2cc(C#N)ccc2-3)c1. The van der Waals surface area contributed by atoms with Gasteiger partial charge in [-0.3, -0.25) is 0 Å². The van der Waals surface area contributed by atoms with Crippen molar-refractivity contribution in [1.29, 1.82) is 5.26 Å². The average Bonchev–Trinajstić information content (AvgIpc) is 3.39. The molecule has 1 unspecified atom stereocenters. The van der Waals surface area contributed by atoms with Gasteiger partial charge in [-0.15, -0.1) is 0 Å². The minimum atomic E-state index is -0.193. The maximum absolute atomic E-state index is 9.60. The van der Waals surface area contributed by atoms with Crippen molar-refractivity contribution in [3.05, 3.63) is 183 Å². The van der Waals surface area contributed by atoms with Gasteiger partial charge in [0, 0.05) is 5.41 Å². The second kappa shape index (κ2) is 13.1. The van der Waals surface area contributed by atoms with Gasteiger partial charge in [0.2, 0.25) is 0 Å². The molecule has 1 heterocycles. The number of nitrogens with zero attached hydrogens (tertiary/aromatic N) is 1. The molecule has 2 heteroatoms. The second-order valence-corrected chi connectivity index (χ2v) is 15.1. The van der Waals surface area contributed by atoms with E-state index in [1.165, 1.54) is 94.4 Å². The summed E-state index contributed by atoms with van der Waals surface area (Å²) in [4.78, 5) is 0. The van der Waals surface area contributed by atoms with E-state index in [1.807, 2.05) is 6.07 Å². The Morgan fingerprint density at radius 1 is 0.712 bits per heavy atom. The number of fused-ring (bicyclic) bond motifs is 4. The standard InChI is InChI=1S/C50H42BN/c1-31(15-18-36-20-21-38-23-26-47(51-49(38)34(36)4)37-12-8-7-9-13-37)39-19-16-32(2)44(28-39)48-33(3)11-10-14-41(48)40-22-25-43-42-24-17-35(30-52)27-45(42)50(5,6)46(43)29-40/h7-29,34H,1-6H3/b31-15+,36-18-. The number of hydrogen-bond donors (Lipinski definition) is 0. The van der Waals surface area contributed by atoms with Crippen LogP contribution in [0.3, 0.4) is 0 Å². The molecule has 1 aromatic heterocycles. The van der Waals surface area contributed by atoms with Gasteiger partial charge in [0.15, 0.2) is 0 Å². The third-order valence-corrected chi connectivity index (χ3v) is 11.5. The molecule has 5 aromatic carbocycles. The Kier molecular flexibility index (Phi) is 8.40. The molecule has 8 rings (SSSR count). The molecule has 0 bridgehead atoms. The first-order chi connectivity index (χ1) is 25.1. The van der Waals surface area contributed by atoms with Gasteiger partial charge in [-0.2, -0.15) is 5.26 Å². The molecule has 52 heavy (non-hydrogen) atoms. The van der Waals surface area contributed by atoms with Gasteiger partial charge in [-0.05, 0) is 40.5 Å². The Labute approximate surface area is 309 Å². The van der Waals surface area contributed by atoms with Crippen LogP contribution in [0.5, 0.6) is 0 Å². The summed E-state index contributed by atoms with van der Waals surface area (Å²) < 4.78 is 0. The summed E-state index contributed by atoms with van der Waals surface area (Å²) in [6, 6.07) is 44.1. The summed E-state index contributed by atoms with van der Waals surface area (Å²) in [5, 5.41) is 9.60. The van der Waals surface area contributed by atoms with Crippen molar-refractivity contribution < 1.29 is 0 Å². The molecule has 250 valence electrons. The fourth-order valence-corrected chi connectivity index (χ4v) is 8.32. The first kappa shape index (κ1) is 33.4. The summed E-state index contributed by atoms with van der Waals surface area (Å²) in [6.45, 7) is 15.9. The molecular formula is C50H42BN. The maximum atomic E-state index is 9.60. The van der Waals surface area contributed by atoms with E-state index in [0.717, 1.165) is 0 Å². The van der Waals surface area contributed by atoms with Gasteiger partial charge < -0.3 is 0 Å². The molecule has 0 fully saturated rings. The van der Waals surface area contributed by atoms with Gasteiger partial charge in [0.25, 0.3) is 0 Å². The van der Waals surface area contributed by atoms with E-state index in [4.69, 9.17) is 0 Å². The fraction of sp³-hybridized carbons (Fsp3) is 0.160. The first-order valence-corrected chi connectivity index (χ1v) is 18.3. The van der Waals surface area contributed by atoms with Gasteiger partial charge in [-0.1, -0.05) is 38.1 Å². The predicted octanol–water partition coefficient (Wildman–Crippen LogP) is 13.0. The Bertz CT molecular complexity index is 2540. The average molecular weight is 668 g/mol. The summed E-state index contributed by atoms with van der Waals surface area (Å²) >= 11 is 0. The van der Waals surface area contributed by atoms with E-state index in [0.29, 0.717) is 11.5 Å². The predicted molar refractivity (Wildman–Crippen MR) is 221 cm³/mol. The van der Waals surface area contributed by atoms with Crippen molar-refractivity contribution in [1.82, 2.24) is 0 Å². The van der Waals surface area contributed by atoms with Crippen LogP contribution in [-0.4, -0.2) is 6.91 Å². The van der Waals surface area contributed by atoms with Crippen LogP contribution in [0.2, 0.25) is 0 Å². The minimum absolute atomic E-state index is 0.193. The molecule has 6 aromatic rings. The molecule has 0 spiro atoms. The molecule has 1 nitrogen and oxygen atoms in total. The zero-order chi connectivity index (χ0) is 36.1. The Morgan fingerprint density at radius 3 is 2.27 bits per heavy atom. The van der Waals surface area contributed by atoms with Crippen LogP contribution in [0, 0.1) is 25.2 Å². The van der Waals surface area contributed by atoms with Crippen LogP contribution in [0.25, 0.3) is 56.1 Å². The fourth-order valence-electron chi connectivity index (χ4n) is 8.32. The number of hydrogen-bond acceptors (Lipinski definition) is 1. The van der Waals surface area contributed by atoms with Crippen molar-refractivity contribution in [2.45, 2.75) is 52.9 Å². The van der Waals surface area contributed by atoms with Crippen molar-refractivity contribution >= 4 is 18.6 Å². The molecule has 0 saturated carbocycles. The Balaban J connectivity index is 1.13. The third kappa shape index (κ3) is 5.72. The number of benzene rings is 5. The monoisotopic (exact) mass is 667 g/mol. The summed E-state index contributed by atoms with van der Waals surface area (Å²) in [5.74, 6) is 0.300. The molecule has 0 saturated heterocycles. The van der Waals surface area contributed by atoms with Crippen molar-refractivity contribution in [2.24, 2.45) is 0 Å². The van der Waals surface area contributed by atoms with Crippen LogP contribution in [-0.2, 0) is 5.41 Å². The third-order valence-electron chi connectivity index (χ3n) is 11.5. The number of nitriles is 1. The second-order valence-electron chi connectivity index (χ2n) is 15.1. The van der Waals surface area contributed by atoms with E-state index >= 15 is 0 Å². The number of rotatable bonds is 5. The summed E-state index contributed by atoms with van der Waals surface area (Å²) in [5.41, 5.74) is 22.0. The van der Waals surface area contributed by atoms with Crippen LogP contribution < -0.4 is 0 Å². The van der Waals surface area contributed by atoms with Gasteiger partial charge in [0.05, 0.1) is 11.6 Å².